The van der Waals surface area contributed by atoms with Gasteiger partial charge in [0, 0.05) is 25.7 Å². The van der Waals surface area contributed by atoms with Crippen LogP contribution < -0.4 is 4.74 Å². The van der Waals surface area contributed by atoms with Crippen LogP contribution in [0.4, 0.5) is 0 Å². The molecular weight excluding hydrogens is 266 g/mol. The van der Waals surface area contributed by atoms with Gasteiger partial charge in [-0.1, -0.05) is 30.3 Å². The van der Waals surface area contributed by atoms with Gasteiger partial charge in [0.1, 0.15) is 6.10 Å². The predicted octanol–water partition coefficient (Wildman–Crippen LogP) is 1.62. The average molecular weight is 285 g/mol. The second kappa shape index (κ2) is 6.65. The maximum absolute atomic E-state index is 8.94. The van der Waals surface area contributed by atoms with Crippen LogP contribution in [0.15, 0.2) is 42.5 Å². The summed E-state index contributed by atoms with van der Waals surface area (Å²) in [4.78, 5) is 2.38. The first-order valence-electron chi connectivity index (χ1n) is 7.20. The fourth-order valence-electron chi connectivity index (χ4n) is 2.54. The highest BCUT2D eigenvalue weighted by Gasteiger charge is 2.24. The molecule has 0 radical (unpaired) electrons. The molecule has 2 heterocycles. The Labute approximate surface area is 124 Å². The first-order valence-corrected chi connectivity index (χ1v) is 7.20. The van der Waals surface area contributed by atoms with E-state index in [0.29, 0.717) is 11.6 Å². The van der Waals surface area contributed by atoms with Crippen LogP contribution in [0, 0.1) is 0 Å². The smallest absolute Gasteiger partial charge is 0.233 e. The van der Waals surface area contributed by atoms with Crippen molar-refractivity contribution in [1.82, 2.24) is 15.1 Å². The van der Waals surface area contributed by atoms with E-state index in [4.69, 9.17) is 9.84 Å². The molecule has 1 aliphatic rings. The Morgan fingerprint density at radius 1 is 1.14 bits per heavy atom. The molecule has 1 aromatic carbocycles. The zero-order valence-electron chi connectivity index (χ0n) is 11.9. The summed E-state index contributed by atoms with van der Waals surface area (Å²) in [6, 6.07) is 14.0. The molecule has 0 saturated carbocycles. The molecule has 2 aromatic rings. The van der Waals surface area contributed by atoms with E-state index in [1.165, 1.54) is 5.56 Å². The molecule has 5 nitrogen and oxygen atoms in total. The minimum absolute atomic E-state index is 0.0957. The van der Waals surface area contributed by atoms with Gasteiger partial charge in [0.05, 0.1) is 12.3 Å². The standard InChI is InChI=1S/C16H19N3O2/c20-12-14-6-7-16(18-17-14)21-15-8-9-19(11-15)10-13-4-2-1-3-5-13/h1-7,15,20H,8-12H2. The number of hydrogen-bond donors (Lipinski definition) is 1. The Kier molecular flexibility index (Phi) is 4.43. The van der Waals surface area contributed by atoms with Gasteiger partial charge in [0.15, 0.2) is 0 Å². The van der Waals surface area contributed by atoms with Crippen LogP contribution in [0.25, 0.3) is 0 Å². The summed E-state index contributed by atoms with van der Waals surface area (Å²) in [5.41, 5.74) is 1.88. The Balaban J connectivity index is 1.52. The third kappa shape index (κ3) is 3.77. The minimum Gasteiger partial charge on any atom is -0.472 e. The van der Waals surface area contributed by atoms with E-state index in [9.17, 15) is 0 Å². The molecule has 21 heavy (non-hydrogen) atoms. The molecule has 1 N–H and O–H groups in total. The molecule has 1 fully saturated rings. The number of hydrogen-bond acceptors (Lipinski definition) is 5. The van der Waals surface area contributed by atoms with Crippen molar-refractivity contribution < 1.29 is 9.84 Å². The maximum Gasteiger partial charge on any atom is 0.233 e. The normalized spacial score (nSPS) is 18.8. The van der Waals surface area contributed by atoms with Crippen molar-refractivity contribution in [3.05, 3.63) is 53.7 Å². The highest BCUT2D eigenvalue weighted by molar-refractivity contribution is 5.15. The monoisotopic (exact) mass is 285 g/mol. The summed E-state index contributed by atoms with van der Waals surface area (Å²) in [5.74, 6) is 0.527. The lowest BCUT2D eigenvalue weighted by atomic mass is 10.2. The Hall–Kier alpha value is -1.98. The topological polar surface area (TPSA) is 58.5 Å². The van der Waals surface area contributed by atoms with Crippen molar-refractivity contribution in [3.8, 4) is 5.88 Å². The Morgan fingerprint density at radius 2 is 2.00 bits per heavy atom. The Bertz CT molecular complexity index is 559. The van der Waals surface area contributed by atoms with E-state index < -0.39 is 0 Å². The lowest BCUT2D eigenvalue weighted by Gasteiger charge is -2.16. The first kappa shape index (κ1) is 14.0. The zero-order valence-corrected chi connectivity index (χ0v) is 11.9. The minimum atomic E-state index is -0.0957. The summed E-state index contributed by atoms with van der Waals surface area (Å²) < 4.78 is 5.85. The lowest BCUT2D eigenvalue weighted by molar-refractivity contribution is 0.188. The van der Waals surface area contributed by atoms with E-state index >= 15 is 0 Å². The van der Waals surface area contributed by atoms with Crippen molar-refractivity contribution in [2.45, 2.75) is 25.7 Å². The third-order valence-corrected chi connectivity index (χ3v) is 3.62. The van der Waals surface area contributed by atoms with Crippen molar-refractivity contribution >= 4 is 0 Å². The number of likely N-dealkylation sites (tertiary alicyclic amines) is 1. The summed E-state index contributed by atoms with van der Waals surface area (Å²) in [6.45, 7) is 2.79. The number of aliphatic hydroxyl groups is 1. The number of ether oxygens (including phenoxy) is 1. The molecule has 0 spiro atoms. The molecule has 0 aliphatic carbocycles. The summed E-state index contributed by atoms with van der Waals surface area (Å²) in [7, 11) is 0. The summed E-state index contributed by atoms with van der Waals surface area (Å²) in [5, 5.41) is 16.8. The van der Waals surface area contributed by atoms with Crippen molar-refractivity contribution in [2.24, 2.45) is 0 Å². The number of benzene rings is 1. The van der Waals surface area contributed by atoms with Gasteiger partial charge in [-0.3, -0.25) is 4.90 Å². The van der Waals surface area contributed by atoms with Crippen LogP contribution in [-0.4, -0.2) is 39.4 Å². The lowest BCUT2D eigenvalue weighted by Crippen LogP contribution is -2.24. The zero-order chi connectivity index (χ0) is 14.5. The van der Waals surface area contributed by atoms with Gasteiger partial charge in [0.2, 0.25) is 5.88 Å². The number of rotatable bonds is 5. The van der Waals surface area contributed by atoms with E-state index in [1.807, 2.05) is 6.07 Å². The SMILES string of the molecule is OCc1ccc(OC2CCN(Cc3ccccc3)C2)nn1. The van der Waals surface area contributed by atoms with E-state index in [0.717, 1.165) is 26.1 Å². The molecule has 1 aliphatic heterocycles. The Morgan fingerprint density at radius 3 is 2.71 bits per heavy atom. The molecule has 1 atom stereocenters. The van der Waals surface area contributed by atoms with Gasteiger partial charge in [-0.25, -0.2) is 0 Å². The molecule has 1 aromatic heterocycles. The first-order chi connectivity index (χ1) is 10.3. The molecule has 0 bridgehead atoms. The maximum atomic E-state index is 8.94. The van der Waals surface area contributed by atoms with Crippen LogP contribution >= 0.6 is 0 Å². The average Bonchev–Trinajstić information content (AvgIpc) is 2.96. The van der Waals surface area contributed by atoms with Crippen molar-refractivity contribution in [2.75, 3.05) is 13.1 Å². The van der Waals surface area contributed by atoms with Crippen LogP contribution in [0.5, 0.6) is 5.88 Å². The molecule has 3 rings (SSSR count). The summed E-state index contributed by atoms with van der Waals surface area (Å²) in [6.07, 6.45) is 1.15. The van der Waals surface area contributed by atoms with Gasteiger partial charge < -0.3 is 9.84 Å². The highest BCUT2D eigenvalue weighted by atomic mass is 16.5. The van der Waals surface area contributed by atoms with Crippen LogP contribution in [0.1, 0.15) is 17.7 Å². The van der Waals surface area contributed by atoms with Gasteiger partial charge >= 0.3 is 0 Å². The van der Waals surface area contributed by atoms with Gasteiger partial charge in [0.25, 0.3) is 0 Å². The largest absolute Gasteiger partial charge is 0.472 e. The number of nitrogens with zero attached hydrogens (tertiary/aromatic N) is 3. The van der Waals surface area contributed by atoms with E-state index in [-0.39, 0.29) is 12.7 Å². The predicted molar refractivity (Wildman–Crippen MR) is 78.7 cm³/mol. The van der Waals surface area contributed by atoms with Gasteiger partial charge in [-0.05, 0) is 18.1 Å². The third-order valence-electron chi connectivity index (χ3n) is 3.62. The molecule has 110 valence electrons. The van der Waals surface area contributed by atoms with E-state index in [1.54, 1.807) is 12.1 Å². The second-order valence-electron chi connectivity index (χ2n) is 5.27. The molecule has 1 unspecified atom stereocenters. The fourth-order valence-corrected chi connectivity index (χ4v) is 2.54. The van der Waals surface area contributed by atoms with Crippen LogP contribution in [-0.2, 0) is 13.2 Å². The van der Waals surface area contributed by atoms with Crippen molar-refractivity contribution in [3.63, 3.8) is 0 Å². The quantitative estimate of drug-likeness (QED) is 0.904. The van der Waals surface area contributed by atoms with Crippen LogP contribution in [0.3, 0.4) is 0 Å². The number of aromatic nitrogens is 2. The van der Waals surface area contributed by atoms with Gasteiger partial charge in [-0.2, -0.15) is 0 Å². The molecule has 0 amide bonds. The fraction of sp³-hybridized carbons (Fsp3) is 0.375. The molecule has 1 saturated heterocycles. The summed E-state index contributed by atoms with van der Waals surface area (Å²) >= 11 is 0. The number of aliphatic hydroxyl groups excluding tert-OH is 1. The van der Waals surface area contributed by atoms with Crippen molar-refractivity contribution in [1.29, 1.82) is 0 Å². The highest BCUT2D eigenvalue weighted by Crippen LogP contribution is 2.18. The molecule has 5 heteroatoms. The van der Waals surface area contributed by atoms with E-state index in [2.05, 4.69) is 39.4 Å². The van der Waals surface area contributed by atoms with Gasteiger partial charge in [-0.15, -0.1) is 10.2 Å². The second-order valence-corrected chi connectivity index (χ2v) is 5.27. The molecular formula is C16H19N3O2. The van der Waals surface area contributed by atoms with Crippen LogP contribution in [0.2, 0.25) is 0 Å².